The van der Waals surface area contributed by atoms with Crippen LogP contribution < -0.4 is 20.2 Å². The topological polar surface area (TPSA) is 54.9 Å². The zero-order valence-electron chi connectivity index (χ0n) is 13.1. The lowest BCUT2D eigenvalue weighted by molar-refractivity contribution is 0.394. The molecule has 0 spiro atoms. The highest BCUT2D eigenvalue weighted by Crippen LogP contribution is 2.21. The Bertz CT molecular complexity index is 653. The van der Waals surface area contributed by atoms with Gasteiger partial charge in [-0.2, -0.15) is 5.10 Å². The molecule has 0 unspecified atom stereocenters. The van der Waals surface area contributed by atoms with Gasteiger partial charge in [-0.3, -0.25) is 5.43 Å². The zero-order chi connectivity index (χ0) is 16.5. The zero-order valence-corrected chi connectivity index (χ0v) is 13.9. The smallest absolute Gasteiger partial charge is 0.187 e. The molecule has 23 heavy (non-hydrogen) atoms. The number of rotatable bonds is 6. The maximum absolute atomic E-state index is 5.21. The summed E-state index contributed by atoms with van der Waals surface area (Å²) in [5.41, 5.74) is 4.78. The fraction of sp³-hybridized carbons (Fsp3) is 0.176. The van der Waals surface area contributed by atoms with Gasteiger partial charge in [0, 0.05) is 18.2 Å². The molecule has 2 aromatic rings. The van der Waals surface area contributed by atoms with Crippen LogP contribution in [0, 0.1) is 0 Å². The van der Waals surface area contributed by atoms with Gasteiger partial charge in [0.05, 0.1) is 20.4 Å². The van der Waals surface area contributed by atoms with Gasteiger partial charge in [-0.25, -0.2) is 0 Å². The van der Waals surface area contributed by atoms with E-state index in [0.717, 1.165) is 11.1 Å². The molecular formula is C17H19N3O2S. The van der Waals surface area contributed by atoms with Crippen LogP contribution in [-0.4, -0.2) is 25.5 Å². The first kappa shape index (κ1) is 16.8. The normalized spacial score (nSPS) is 10.3. The van der Waals surface area contributed by atoms with Gasteiger partial charge in [-0.05, 0) is 29.9 Å². The third kappa shape index (κ3) is 5.60. The van der Waals surface area contributed by atoms with Crippen LogP contribution in [0.3, 0.4) is 0 Å². The second kappa shape index (κ2) is 8.75. The molecule has 0 bridgehead atoms. The molecular weight excluding hydrogens is 310 g/mol. The van der Waals surface area contributed by atoms with Crippen LogP contribution in [0.4, 0.5) is 0 Å². The van der Waals surface area contributed by atoms with Crippen molar-refractivity contribution in [3.8, 4) is 11.5 Å². The average molecular weight is 329 g/mol. The Kier molecular flexibility index (Phi) is 6.38. The maximum Gasteiger partial charge on any atom is 0.187 e. The lowest BCUT2D eigenvalue weighted by Crippen LogP contribution is -2.31. The van der Waals surface area contributed by atoms with E-state index in [1.165, 1.54) is 0 Å². The number of hydrogen-bond acceptors (Lipinski definition) is 4. The first-order valence-corrected chi connectivity index (χ1v) is 7.46. The van der Waals surface area contributed by atoms with E-state index < -0.39 is 0 Å². The van der Waals surface area contributed by atoms with E-state index in [2.05, 4.69) is 15.8 Å². The van der Waals surface area contributed by atoms with Crippen LogP contribution in [0.25, 0.3) is 0 Å². The van der Waals surface area contributed by atoms with Crippen LogP contribution in [0.2, 0.25) is 0 Å². The Balaban J connectivity index is 1.87. The Hall–Kier alpha value is -2.60. The van der Waals surface area contributed by atoms with E-state index in [-0.39, 0.29) is 0 Å². The van der Waals surface area contributed by atoms with Gasteiger partial charge < -0.3 is 14.8 Å². The van der Waals surface area contributed by atoms with Crippen molar-refractivity contribution in [1.82, 2.24) is 10.7 Å². The first-order chi connectivity index (χ1) is 11.2. The lowest BCUT2D eigenvalue weighted by Gasteiger charge is -2.07. The number of benzene rings is 2. The highest BCUT2D eigenvalue weighted by Gasteiger charge is 2.00. The van der Waals surface area contributed by atoms with Gasteiger partial charge in [0.2, 0.25) is 0 Å². The molecule has 0 aromatic heterocycles. The summed E-state index contributed by atoms with van der Waals surface area (Å²) >= 11 is 5.18. The van der Waals surface area contributed by atoms with Gasteiger partial charge in [-0.15, -0.1) is 0 Å². The van der Waals surface area contributed by atoms with Gasteiger partial charge in [0.1, 0.15) is 11.5 Å². The predicted molar refractivity (Wildman–Crippen MR) is 96.2 cm³/mol. The molecule has 0 radical (unpaired) electrons. The molecule has 0 fully saturated rings. The third-order valence-corrected chi connectivity index (χ3v) is 3.29. The predicted octanol–water partition coefficient (Wildman–Crippen LogP) is 2.70. The Labute approximate surface area is 141 Å². The quantitative estimate of drug-likeness (QED) is 0.485. The molecule has 6 heteroatoms. The summed E-state index contributed by atoms with van der Waals surface area (Å²) in [6.45, 7) is 0.648. The lowest BCUT2D eigenvalue weighted by atomic mass is 10.2. The average Bonchev–Trinajstić information content (AvgIpc) is 2.60. The summed E-state index contributed by atoms with van der Waals surface area (Å²) in [6.07, 6.45) is 1.65. The van der Waals surface area contributed by atoms with E-state index in [0.29, 0.717) is 23.2 Å². The van der Waals surface area contributed by atoms with Crippen LogP contribution in [0.5, 0.6) is 11.5 Å². The van der Waals surface area contributed by atoms with E-state index in [1.54, 1.807) is 26.5 Å². The molecule has 2 rings (SSSR count). The fourth-order valence-electron chi connectivity index (χ4n) is 1.89. The maximum atomic E-state index is 5.21. The highest BCUT2D eigenvalue weighted by atomic mass is 32.1. The van der Waals surface area contributed by atoms with Crippen LogP contribution in [0.1, 0.15) is 11.1 Å². The molecule has 0 atom stereocenters. The molecule has 0 aliphatic heterocycles. The largest absolute Gasteiger partial charge is 0.497 e. The Morgan fingerprint density at radius 3 is 2.35 bits per heavy atom. The molecule has 0 aliphatic rings. The Morgan fingerprint density at radius 1 is 1.09 bits per heavy atom. The van der Waals surface area contributed by atoms with E-state index in [1.807, 2.05) is 42.5 Å². The summed E-state index contributed by atoms with van der Waals surface area (Å²) in [4.78, 5) is 0. The number of methoxy groups -OCH3 is 2. The molecule has 0 saturated carbocycles. The van der Waals surface area contributed by atoms with Gasteiger partial charge >= 0.3 is 0 Å². The minimum Gasteiger partial charge on any atom is -0.497 e. The van der Waals surface area contributed by atoms with Crippen molar-refractivity contribution >= 4 is 23.5 Å². The number of ether oxygens (including phenoxy) is 2. The standard InChI is InChI=1S/C17H19N3O2S/c1-21-15-8-14(9-16(10-15)22-2)12-19-20-17(23)18-11-13-6-4-3-5-7-13/h3-10,12H,11H2,1-2H3,(H2,18,20,23)/b19-12-. The fourth-order valence-corrected chi connectivity index (χ4v) is 2.01. The van der Waals surface area contributed by atoms with Gasteiger partial charge in [-0.1, -0.05) is 30.3 Å². The molecule has 0 heterocycles. The highest BCUT2D eigenvalue weighted by molar-refractivity contribution is 7.80. The summed E-state index contributed by atoms with van der Waals surface area (Å²) in [6, 6.07) is 15.5. The van der Waals surface area contributed by atoms with Crippen LogP contribution in [-0.2, 0) is 6.54 Å². The molecule has 2 N–H and O–H groups in total. The van der Waals surface area contributed by atoms with Crippen molar-refractivity contribution < 1.29 is 9.47 Å². The van der Waals surface area contributed by atoms with E-state index in [4.69, 9.17) is 21.7 Å². The summed E-state index contributed by atoms with van der Waals surface area (Å²) in [5, 5.41) is 7.66. The molecule has 0 aliphatic carbocycles. The van der Waals surface area contributed by atoms with Crippen LogP contribution in [0.15, 0.2) is 53.6 Å². The number of thiocarbonyl (C=S) groups is 1. The van der Waals surface area contributed by atoms with Gasteiger partial charge in [0.25, 0.3) is 0 Å². The minimum absolute atomic E-state index is 0.458. The monoisotopic (exact) mass is 329 g/mol. The number of hydrazone groups is 1. The van der Waals surface area contributed by atoms with E-state index in [9.17, 15) is 0 Å². The third-order valence-electron chi connectivity index (χ3n) is 3.05. The van der Waals surface area contributed by atoms with Crippen molar-refractivity contribution in [2.75, 3.05) is 14.2 Å². The summed E-state index contributed by atoms with van der Waals surface area (Å²) in [7, 11) is 3.22. The van der Waals surface area contributed by atoms with Crippen molar-refractivity contribution in [1.29, 1.82) is 0 Å². The second-order valence-corrected chi connectivity index (χ2v) is 5.09. The molecule has 2 aromatic carbocycles. The molecule has 5 nitrogen and oxygen atoms in total. The van der Waals surface area contributed by atoms with Gasteiger partial charge in [0.15, 0.2) is 5.11 Å². The molecule has 120 valence electrons. The van der Waals surface area contributed by atoms with Crippen molar-refractivity contribution in [2.24, 2.45) is 5.10 Å². The van der Waals surface area contributed by atoms with E-state index >= 15 is 0 Å². The summed E-state index contributed by atoms with van der Waals surface area (Å²) < 4.78 is 10.4. The van der Waals surface area contributed by atoms with Crippen LogP contribution >= 0.6 is 12.2 Å². The van der Waals surface area contributed by atoms with Crippen molar-refractivity contribution in [3.63, 3.8) is 0 Å². The summed E-state index contributed by atoms with van der Waals surface area (Å²) in [5.74, 6) is 1.41. The second-order valence-electron chi connectivity index (χ2n) is 4.68. The Morgan fingerprint density at radius 2 is 1.74 bits per heavy atom. The van der Waals surface area contributed by atoms with Crippen molar-refractivity contribution in [3.05, 3.63) is 59.7 Å². The molecule has 0 saturated heterocycles. The molecule has 0 amide bonds. The van der Waals surface area contributed by atoms with Crippen molar-refractivity contribution in [2.45, 2.75) is 6.54 Å². The SMILES string of the molecule is COc1cc(/C=N\NC(=S)NCc2ccccc2)cc(OC)c1. The number of hydrogen-bond donors (Lipinski definition) is 2. The number of nitrogens with one attached hydrogen (secondary N) is 2. The minimum atomic E-state index is 0.458. The first-order valence-electron chi connectivity index (χ1n) is 7.05. The number of nitrogens with zero attached hydrogens (tertiary/aromatic N) is 1.